The molecule has 0 bridgehead atoms. The number of fused-ring (bicyclic) bond motifs is 1. The fourth-order valence-corrected chi connectivity index (χ4v) is 2.57. The average molecular weight is 278 g/mol. The quantitative estimate of drug-likeness (QED) is 0.937. The molecule has 0 fully saturated rings. The van der Waals surface area contributed by atoms with Crippen LogP contribution in [0.3, 0.4) is 0 Å². The number of hydrogen-bond acceptors (Lipinski definition) is 3. The molecule has 0 unspecified atom stereocenters. The first-order valence-corrected chi connectivity index (χ1v) is 6.68. The van der Waals surface area contributed by atoms with Gasteiger partial charge in [-0.1, -0.05) is 17.7 Å². The first-order chi connectivity index (χ1) is 9.20. The number of halogens is 1. The minimum atomic E-state index is 0.538. The lowest BCUT2D eigenvalue weighted by atomic mass is 10.2. The number of nitrogens with one attached hydrogen (secondary N) is 1. The molecule has 1 aliphatic rings. The maximum Gasteiger partial charge on any atom is 0.133 e. The maximum absolute atomic E-state index is 6.20. The standard InChI is InChI=1S/C14H16ClN3O/c1-9-3-4-10(7-12(9)15)18-14-11(5-6-16-14)13(17-18)8-19-2/h3-4,7,16H,5-6,8H2,1-2H3. The molecule has 2 heterocycles. The van der Waals surface area contributed by atoms with Crippen molar-refractivity contribution in [3.63, 3.8) is 0 Å². The predicted molar refractivity (Wildman–Crippen MR) is 76.2 cm³/mol. The van der Waals surface area contributed by atoms with Gasteiger partial charge >= 0.3 is 0 Å². The lowest BCUT2D eigenvalue weighted by Crippen LogP contribution is -2.05. The van der Waals surface area contributed by atoms with Crippen LogP contribution in [0.15, 0.2) is 18.2 Å². The summed E-state index contributed by atoms with van der Waals surface area (Å²) in [7, 11) is 1.69. The Morgan fingerprint density at radius 1 is 1.47 bits per heavy atom. The van der Waals surface area contributed by atoms with Crippen molar-refractivity contribution in [3.05, 3.63) is 40.0 Å². The Hall–Kier alpha value is -1.52. The van der Waals surface area contributed by atoms with Crippen LogP contribution in [0.5, 0.6) is 0 Å². The summed E-state index contributed by atoms with van der Waals surface area (Å²) < 4.78 is 7.13. The van der Waals surface area contributed by atoms with E-state index in [1.165, 1.54) is 5.56 Å². The van der Waals surface area contributed by atoms with E-state index in [4.69, 9.17) is 16.3 Å². The SMILES string of the molecule is COCc1nn(-c2ccc(C)c(Cl)c2)c2c1CCN2. The van der Waals surface area contributed by atoms with Gasteiger partial charge in [0.05, 0.1) is 18.0 Å². The Balaban J connectivity index is 2.09. The van der Waals surface area contributed by atoms with Gasteiger partial charge in [-0.25, -0.2) is 4.68 Å². The Labute approximate surface area is 117 Å². The summed E-state index contributed by atoms with van der Waals surface area (Å²) in [6.07, 6.45) is 0.994. The van der Waals surface area contributed by atoms with Crippen LogP contribution in [0, 0.1) is 6.92 Å². The lowest BCUT2D eigenvalue weighted by molar-refractivity contribution is 0.180. The van der Waals surface area contributed by atoms with Crippen LogP contribution in [0.1, 0.15) is 16.8 Å². The van der Waals surface area contributed by atoms with Crippen molar-refractivity contribution in [3.8, 4) is 5.69 Å². The first-order valence-electron chi connectivity index (χ1n) is 6.31. The molecule has 100 valence electrons. The molecule has 5 heteroatoms. The smallest absolute Gasteiger partial charge is 0.133 e. The summed E-state index contributed by atoms with van der Waals surface area (Å²) in [6.45, 7) is 3.48. The summed E-state index contributed by atoms with van der Waals surface area (Å²) in [5, 5.41) is 8.77. The van der Waals surface area contributed by atoms with E-state index in [0.29, 0.717) is 6.61 Å². The number of methoxy groups -OCH3 is 1. The van der Waals surface area contributed by atoms with E-state index in [1.807, 2.05) is 29.8 Å². The van der Waals surface area contributed by atoms with Crippen molar-refractivity contribution >= 4 is 17.4 Å². The van der Waals surface area contributed by atoms with E-state index in [2.05, 4.69) is 10.4 Å². The van der Waals surface area contributed by atoms with E-state index in [1.54, 1.807) is 7.11 Å². The number of anilines is 1. The van der Waals surface area contributed by atoms with Crippen LogP contribution in [0.2, 0.25) is 5.02 Å². The molecule has 0 radical (unpaired) electrons. The molecule has 0 saturated heterocycles. The predicted octanol–water partition coefficient (Wildman–Crippen LogP) is 2.95. The first kappa shape index (κ1) is 12.5. The fourth-order valence-electron chi connectivity index (χ4n) is 2.40. The number of nitrogens with zero attached hydrogens (tertiary/aromatic N) is 2. The second-order valence-electron chi connectivity index (χ2n) is 4.73. The van der Waals surface area contributed by atoms with E-state index in [0.717, 1.165) is 40.8 Å². The number of hydrogen-bond donors (Lipinski definition) is 1. The summed E-state index contributed by atoms with van der Waals surface area (Å²) in [6, 6.07) is 5.99. The molecular formula is C14H16ClN3O. The van der Waals surface area contributed by atoms with Gasteiger partial charge < -0.3 is 10.1 Å². The number of rotatable bonds is 3. The van der Waals surface area contributed by atoms with Crippen molar-refractivity contribution in [2.24, 2.45) is 0 Å². The maximum atomic E-state index is 6.20. The van der Waals surface area contributed by atoms with Gasteiger partial charge in [0.15, 0.2) is 0 Å². The number of benzene rings is 1. The van der Waals surface area contributed by atoms with Gasteiger partial charge in [0.2, 0.25) is 0 Å². The summed E-state index contributed by atoms with van der Waals surface area (Å²) in [4.78, 5) is 0. The largest absolute Gasteiger partial charge is 0.378 e. The van der Waals surface area contributed by atoms with Crippen LogP contribution in [-0.2, 0) is 17.8 Å². The molecule has 4 nitrogen and oxygen atoms in total. The molecular weight excluding hydrogens is 262 g/mol. The van der Waals surface area contributed by atoms with Crippen LogP contribution in [0.4, 0.5) is 5.82 Å². The van der Waals surface area contributed by atoms with E-state index in [9.17, 15) is 0 Å². The molecule has 19 heavy (non-hydrogen) atoms. The van der Waals surface area contributed by atoms with Gasteiger partial charge in [0.25, 0.3) is 0 Å². The van der Waals surface area contributed by atoms with Crippen molar-refractivity contribution in [1.82, 2.24) is 9.78 Å². The lowest BCUT2D eigenvalue weighted by Gasteiger charge is -2.08. The van der Waals surface area contributed by atoms with Crippen molar-refractivity contribution < 1.29 is 4.74 Å². The van der Waals surface area contributed by atoms with Gasteiger partial charge in [-0.05, 0) is 31.0 Å². The molecule has 0 saturated carbocycles. The van der Waals surface area contributed by atoms with Gasteiger partial charge in [-0.3, -0.25) is 0 Å². The topological polar surface area (TPSA) is 39.1 Å². The van der Waals surface area contributed by atoms with Gasteiger partial charge in [-0.2, -0.15) is 5.10 Å². The number of aromatic nitrogens is 2. The Morgan fingerprint density at radius 2 is 2.32 bits per heavy atom. The molecule has 3 rings (SSSR count). The molecule has 1 N–H and O–H groups in total. The second-order valence-corrected chi connectivity index (χ2v) is 5.14. The number of ether oxygens (including phenoxy) is 1. The zero-order valence-electron chi connectivity index (χ0n) is 11.0. The molecule has 2 aromatic rings. The zero-order chi connectivity index (χ0) is 13.4. The van der Waals surface area contributed by atoms with E-state index >= 15 is 0 Å². The minimum absolute atomic E-state index is 0.538. The highest BCUT2D eigenvalue weighted by Gasteiger charge is 2.22. The third kappa shape index (κ3) is 2.11. The van der Waals surface area contributed by atoms with Gasteiger partial charge in [-0.15, -0.1) is 0 Å². The fraction of sp³-hybridized carbons (Fsp3) is 0.357. The van der Waals surface area contributed by atoms with Crippen molar-refractivity contribution in [1.29, 1.82) is 0 Å². The molecule has 0 aliphatic carbocycles. The third-order valence-corrected chi connectivity index (χ3v) is 3.82. The number of aryl methyl sites for hydroxylation is 1. The monoisotopic (exact) mass is 277 g/mol. The Bertz CT molecular complexity index is 621. The van der Waals surface area contributed by atoms with Gasteiger partial charge in [0.1, 0.15) is 5.82 Å². The molecule has 0 atom stereocenters. The highest BCUT2D eigenvalue weighted by atomic mass is 35.5. The highest BCUT2D eigenvalue weighted by molar-refractivity contribution is 6.31. The van der Waals surface area contributed by atoms with Crippen LogP contribution in [-0.4, -0.2) is 23.4 Å². The summed E-state index contributed by atoms with van der Waals surface area (Å²) >= 11 is 6.20. The third-order valence-electron chi connectivity index (χ3n) is 3.42. The minimum Gasteiger partial charge on any atom is -0.378 e. The van der Waals surface area contributed by atoms with Crippen LogP contribution >= 0.6 is 11.6 Å². The van der Waals surface area contributed by atoms with E-state index < -0.39 is 0 Å². The Morgan fingerprint density at radius 3 is 3.05 bits per heavy atom. The molecule has 1 aromatic heterocycles. The second kappa shape index (κ2) is 4.87. The van der Waals surface area contributed by atoms with Crippen molar-refractivity contribution in [2.75, 3.05) is 19.0 Å². The van der Waals surface area contributed by atoms with Gasteiger partial charge in [0, 0.05) is 24.2 Å². The van der Waals surface area contributed by atoms with Crippen molar-refractivity contribution in [2.45, 2.75) is 20.0 Å². The Kier molecular flexibility index (Phi) is 3.21. The van der Waals surface area contributed by atoms with E-state index in [-0.39, 0.29) is 0 Å². The molecule has 0 spiro atoms. The zero-order valence-corrected chi connectivity index (χ0v) is 11.8. The molecule has 0 amide bonds. The van der Waals surface area contributed by atoms with Crippen LogP contribution in [0.25, 0.3) is 5.69 Å². The van der Waals surface area contributed by atoms with Crippen LogP contribution < -0.4 is 5.32 Å². The molecule has 1 aromatic carbocycles. The average Bonchev–Trinajstić information content (AvgIpc) is 2.97. The molecule has 1 aliphatic heterocycles. The summed E-state index contributed by atoms with van der Waals surface area (Å²) in [5.74, 6) is 1.06. The normalized spacial score (nSPS) is 13.4. The summed E-state index contributed by atoms with van der Waals surface area (Å²) in [5.41, 5.74) is 4.29. The highest BCUT2D eigenvalue weighted by Crippen LogP contribution is 2.30.